The summed E-state index contributed by atoms with van der Waals surface area (Å²) in [7, 11) is 0. The Morgan fingerprint density at radius 1 is 1.32 bits per heavy atom. The van der Waals surface area contributed by atoms with Crippen LogP contribution in [0.5, 0.6) is 0 Å². The van der Waals surface area contributed by atoms with Gasteiger partial charge in [-0.15, -0.1) is 0 Å². The molecule has 0 bridgehead atoms. The van der Waals surface area contributed by atoms with E-state index in [0.29, 0.717) is 6.04 Å². The fourth-order valence-electron chi connectivity index (χ4n) is 3.43. The van der Waals surface area contributed by atoms with Gasteiger partial charge < -0.3 is 10.2 Å². The molecule has 2 nitrogen and oxygen atoms in total. The van der Waals surface area contributed by atoms with Gasteiger partial charge in [-0.1, -0.05) is 24.6 Å². The number of hydrogen-bond donors (Lipinski definition) is 1. The molecule has 1 heterocycles. The minimum Gasteiger partial charge on any atom is -0.313 e. The van der Waals surface area contributed by atoms with Crippen LogP contribution in [0.15, 0.2) is 18.2 Å². The van der Waals surface area contributed by atoms with E-state index in [9.17, 15) is 0 Å². The van der Waals surface area contributed by atoms with Crippen molar-refractivity contribution in [2.75, 3.05) is 26.2 Å². The van der Waals surface area contributed by atoms with E-state index >= 15 is 0 Å². The van der Waals surface area contributed by atoms with Crippen molar-refractivity contribution >= 4 is 11.6 Å². The molecule has 0 saturated carbocycles. The van der Waals surface area contributed by atoms with Crippen molar-refractivity contribution in [1.82, 2.24) is 10.2 Å². The van der Waals surface area contributed by atoms with Crippen LogP contribution in [0.25, 0.3) is 0 Å². The van der Waals surface area contributed by atoms with Crippen molar-refractivity contribution < 1.29 is 0 Å². The molecule has 2 aliphatic rings. The zero-order valence-corrected chi connectivity index (χ0v) is 12.4. The predicted molar refractivity (Wildman–Crippen MR) is 80.9 cm³/mol. The number of nitrogens with one attached hydrogen (secondary N) is 1. The number of fused-ring (bicyclic) bond motifs is 1. The van der Waals surface area contributed by atoms with Crippen molar-refractivity contribution in [1.29, 1.82) is 0 Å². The van der Waals surface area contributed by atoms with Crippen LogP contribution in [0.2, 0.25) is 5.02 Å². The molecular formula is C16H23ClN2. The molecule has 1 fully saturated rings. The fourth-order valence-corrected chi connectivity index (χ4v) is 3.63. The smallest absolute Gasteiger partial charge is 0.0408 e. The standard InChI is InChI=1S/C16H23ClN2/c1-2-19-6-5-12(11-19)10-18-16-8-13-3-4-15(17)7-14(13)9-16/h3-4,7,12,16,18H,2,5-6,8-11H2,1H3. The number of rotatable bonds is 4. The normalized spacial score (nSPS) is 26.8. The van der Waals surface area contributed by atoms with Gasteiger partial charge in [0.2, 0.25) is 0 Å². The monoisotopic (exact) mass is 278 g/mol. The molecule has 1 saturated heterocycles. The van der Waals surface area contributed by atoms with Gasteiger partial charge in [-0.25, -0.2) is 0 Å². The van der Waals surface area contributed by atoms with Crippen LogP contribution in [-0.2, 0) is 12.8 Å². The Hall–Kier alpha value is -0.570. The molecule has 19 heavy (non-hydrogen) atoms. The van der Waals surface area contributed by atoms with Gasteiger partial charge in [0.15, 0.2) is 0 Å². The lowest BCUT2D eigenvalue weighted by Gasteiger charge is -2.17. The predicted octanol–water partition coefficient (Wildman–Crippen LogP) is 2.74. The van der Waals surface area contributed by atoms with Gasteiger partial charge in [0.25, 0.3) is 0 Å². The molecule has 0 aromatic heterocycles. The second-order valence-corrected chi connectivity index (χ2v) is 6.41. The van der Waals surface area contributed by atoms with Crippen LogP contribution in [0.3, 0.4) is 0 Å². The van der Waals surface area contributed by atoms with Crippen molar-refractivity contribution in [3.63, 3.8) is 0 Å². The highest BCUT2D eigenvalue weighted by Crippen LogP contribution is 2.25. The van der Waals surface area contributed by atoms with Gasteiger partial charge >= 0.3 is 0 Å². The summed E-state index contributed by atoms with van der Waals surface area (Å²) in [5.41, 5.74) is 2.91. The Morgan fingerprint density at radius 2 is 2.16 bits per heavy atom. The number of hydrogen-bond acceptors (Lipinski definition) is 2. The third-order valence-electron chi connectivity index (χ3n) is 4.61. The minimum absolute atomic E-state index is 0.615. The van der Waals surface area contributed by atoms with Crippen LogP contribution in [0.4, 0.5) is 0 Å². The summed E-state index contributed by atoms with van der Waals surface area (Å²) in [6.07, 6.45) is 3.66. The average Bonchev–Trinajstić information content (AvgIpc) is 3.01. The minimum atomic E-state index is 0.615. The van der Waals surface area contributed by atoms with E-state index < -0.39 is 0 Å². The quantitative estimate of drug-likeness (QED) is 0.911. The van der Waals surface area contributed by atoms with Crippen molar-refractivity contribution in [3.8, 4) is 0 Å². The summed E-state index contributed by atoms with van der Waals surface area (Å²) >= 11 is 6.06. The third-order valence-corrected chi connectivity index (χ3v) is 4.85. The molecule has 104 valence electrons. The maximum atomic E-state index is 6.06. The first-order valence-corrected chi connectivity index (χ1v) is 7.85. The molecule has 1 aliphatic carbocycles. The lowest BCUT2D eigenvalue weighted by molar-refractivity contribution is 0.335. The van der Waals surface area contributed by atoms with E-state index in [1.165, 1.54) is 43.7 Å². The number of halogens is 1. The van der Waals surface area contributed by atoms with E-state index in [-0.39, 0.29) is 0 Å². The summed E-state index contributed by atoms with van der Waals surface area (Å²) in [5.74, 6) is 0.840. The number of nitrogens with zero attached hydrogens (tertiary/aromatic N) is 1. The summed E-state index contributed by atoms with van der Waals surface area (Å²) in [4.78, 5) is 2.55. The van der Waals surface area contributed by atoms with Crippen molar-refractivity contribution in [2.45, 2.75) is 32.2 Å². The lowest BCUT2D eigenvalue weighted by atomic mass is 10.1. The van der Waals surface area contributed by atoms with Crippen molar-refractivity contribution in [2.24, 2.45) is 5.92 Å². The van der Waals surface area contributed by atoms with Crippen LogP contribution in [0, 0.1) is 5.92 Å². The maximum Gasteiger partial charge on any atom is 0.0408 e. The molecule has 0 spiro atoms. The highest BCUT2D eigenvalue weighted by atomic mass is 35.5. The zero-order chi connectivity index (χ0) is 13.2. The molecule has 1 aromatic carbocycles. The van der Waals surface area contributed by atoms with E-state index in [4.69, 9.17) is 11.6 Å². The van der Waals surface area contributed by atoms with Crippen molar-refractivity contribution in [3.05, 3.63) is 34.3 Å². The Bertz CT molecular complexity index is 446. The molecule has 0 radical (unpaired) electrons. The molecule has 2 atom stereocenters. The second-order valence-electron chi connectivity index (χ2n) is 5.97. The molecule has 2 unspecified atom stereocenters. The Balaban J connectivity index is 1.48. The molecule has 0 amide bonds. The van der Waals surface area contributed by atoms with Gasteiger partial charge in [0.05, 0.1) is 0 Å². The second kappa shape index (κ2) is 5.82. The van der Waals surface area contributed by atoms with Crippen LogP contribution in [0.1, 0.15) is 24.5 Å². The van der Waals surface area contributed by atoms with Gasteiger partial charge in [-0.3, -0.25) is 0 Å². The summed E-state index contributed by atoms with van der Waals surface area (Å²) < 4.78 is 0. The average molecular weight is 279 g/mol. The van der Waals surface area contributed by atoms with E-state index in [0.717, 1.165) is 23.8 Å². The highest BCUT2D eigenvalue weighted by Gasteiger charge is 2.25. The third kappa shape index (κ3) is 3.13. The topological polar surface area (TPSA) is 15.3 Å². The van der Waals surface area contributed by atoms with Crippen LogP contribution < -0.4 is 5.32 Å². The molecule has 3 heteroatoms. The molecular weight excluding hydrogens is 256 g/mol. The SMILES string of the molecule is CCN1CCC(CNC2Cc3ccc(Cl)cc3C2)C1. The van der Waals surface area contributed by atoms with E-state index in [1.807, 2.05) is 6.07 Å². The molecule has 3 rings (SSSR count). The number of likely N-dealkylation sites (tertiary alicyclic amines) is 1. The van der Waals surface area contributed by atoms with Gasteiger partial charge in [-0.2, -0.15) is 0 Å². The summed E-state index contributed by atoms with van der Waals surface area (Å²) in [5, 5.41) is 4.63. The van der Waals surface area contributed by atoms with Crippen LogP contribution >= 0.6 is 11.6 Å². The van der Waals surface area contributed by atoms with Gasteiger partial charge in [0.1, 0.15) is 0 Å². The summed E-state index contributed by atoms with van der Waals surface area (Å²) in [6.45, 7) is 7.18. The van der Waals surface area contributed by atoms with E-state index in [1.54, 1.807) is 0 Å². The van der Waals surface area contributed by atoms with Crippen LogP contribution in [-0.4, -0.2) is 37.1 Å². The number of benzene rings is 1. The molecule has 1 aliphatic heterocycles. The highest BCUT2D eigenvalue weighted by molar-refractivity contribution is 6.30. The largest absolute Gasteiger partial charge is 0.313 e. The summed E-state index contributed by atoms with van der Waals surface area (Å²) in [6, 6.07) is 6.95. The zero-order valence-electron chi connectivity index (χ0n) is 11.7. The van der Waals surface area contributed by atoms with E-state index in [2.05, 4.69) is 29.3 Å². The van der Waals surface area contributed by atoms with Gasteiger partial charge in [-0.05, 0) is 68.1 Å². The molecule has 1 aromatic rings. The molecule has 1 N–H and O–H groups in total. The first-order valence-electron chi connectivity index (χ1n) is 7.47. The maximum absolute atomic E-state index is 6.06. The first kappa shape index (κ1) is 13.4. The Morgan fingerprint density at radius 3 is 2.95 bits per heavy atom. The lowest BCUT2D eigenvalue weighted by Crippen LogP contribution is -2.35. The first-order chi connectivity index (χ1) is 9.24. The Kier molecular flexibility index (Phi) is 4.11. The Labute approximate surface area is 121 Å². The fraction of sp³-hybridized carbons (Fsp3) is 0.625. The van der Waals surface area contributed by atoms with Gasteiger partial charge in [0, 0.05) is 17.6 Å².